The quantitative estimate of drug-likeness (QED) is 0.886. The fourth-order valence-corrected chi connectivity index (χ4v) is 3.40. The van der Waals surface area contributed by atoms with Gasteiger partial charge in [-0.3, -0.25) is 0 Å². The number of para-hydroxylation sites is 2. The van der Waals surface area contributed by atoms with Gasteiger partial charge >= 0.3 is 0 Å². The van der Waals surface area contributed by atoms with E-state index in [-0.39, 0.29) is 0 Å². The summed E-state index contributed by atoms with van der Waals surface area (Å²) in [6.45, 7) is 0. The van der Waals surface area contributed by atoms with Gasteiger partial charge in [-0.05, 0) is 44.1 Å². The van der Waals surface area contributed by atoms with Crippen molar-refractivity contribution in [1.82, 2.24) is 9.97 Å². The number of rotatable bonds is 3. The average molecular weight is 261 g/mol. The lowest BCUT2D eigenvalue weighted by Gasteiger charge is -2.27. The first kappa shape index (κ1) is 11.9. The van der Waals surface area contributed by atoms with Gasteiger partial charge in [0, 0.05) is 11.3 Å². The predicted molar refractivity (Wildman–Crippen MR) is 79.3 cm³/mol. The van der Waals surface area contributed by atoms with E-state index in [1.807, 2.05) is 30.0 Å². The van der Waals surface area contributed by atoms with Crippen LogP contribution in [0.5, 0.6) is 0 Å². The average Bonchev–Trinajstić information content (AvgIpc) is 2.82. The highest BCUT2D eigenvalue weighted by Gasteiger charge is 2.20. The molecule has 1 aliphatic carbocycles. The maximum absolute atomic E-state index is 4.57. The van der Waals surface area contributed by atoms with Crippen molar-refractivity contribution in [1.29, 1.82) is 0 Å². The third-order valence-corrected chi connectivity index (χ3v) is 4.88. The molecule has 0 unspecified atom stereocenters. The van der Waals surface area contributed by atoms with E-state index in [2.05, 4.69) is 27.6 Å². The molecule has 1 aromatic carbocycles. The number of anilines is 1. The van der Waals surface area contributed by atoms with Crippen molar-refractivity contribution in [2.45, 2.75) is 37.0 Å². The van der Waals surface area contributed by atoms with Crippen molar-refractivity contribution < 1.29 is 0 Å². The number of hydrogen-bond donors (Lipinski definition) is 2. The lowest BCUT2D eigenvalue weighted by Crippen LogP contribution is -2.27. The number of nitrogens with one attached hydrogen (secondary N) is 2. The van der Waals surface area contributed by atoms with Crippen LogP contribution in [0.1, 0.15) is 25.7 Å². The van der Waals surface area contributed by atoms with Crippen molar-refractivity contribution in [3.63, 3.8) is 0 Å². The van der Waals surface area contributed by atoms with Crippen LogP contribution in [0.25, 0.3) is 11.0 Å². The molecule has 1 aromatic heterocycles. The highest BCUT2D eigenvalue weighted by atomic mass is 32.2. The fourth-order valence-electron chi connectivity index (χ4n) is 2.66. The van der Waals surface area contributed by atoms with Gasteiger partial charge in [-0.15, -0.1) is 0 Å². The Morgan fingerprint density at radius 2 is 2.00 bits per heavy atom. The summed E-state index contributed by atoms with van der Waals surface area (Å²) in [6.07, 6.45) is 7.36. The Morgan fingerprint density at radius 1 is 1.22 bits per heavy atom. The topological polar surface area (TPSA) is 40.7 Å². The zero-order chi connectivity index (χ0) is 12.4. The number of H-pyrrole nitrogens is 1. The van der Waals surface area contributed by atoms with Crippen LogP contribution in [-0.2, 0) is 0 Å². The van der Waals surface area contributed by atoms with E-state index in [0.717, 1.165) is 22.2 Å². The van der Waals surface area contributed by atoms with E-state index in [1.54, 1.807) is 0 Å². The second kappa shape index (κ2) is 5.22. The van der Waals surface area contributed by atoms with Crippen molar-refractivity contribution in [3.8, 4) is 0 Å². The van der Waals surface area contributed by atoms with Crippen LogP contribution in [-0.4, -0.2) is 27.5 Å². The minimum Gasteiger partial charge on any atom is -0.353 e. The maximum Gasteiger partial charge on any atom is 0.201 e. The maximum atomic E-state index is 4.57. The summed E-state index contributed by atoms with van der Waals surface area (Å²) in [5.41, 5.74) is 2.15. The smallest absolute Gasteiger partial charge is 0.201 e. The molecule has 4 heteroatoms. The number of hydrogen-bond acceptors (Lipinski definition) is 3. The first-order chi connectivity index (χ1) is 8.85. The van der Waals surface area contributed by atoms with Gasteiger partial charge in [0.25, 0.3) is 0 Å². The van der Waals surface area contributed by atoms with Crippen LogP contribution in [0.2, 0.25) is 0 Å². The lowest BCUT2D eigenvalue weighted by atomic mass is 9.95. The highest BCUT2D eigenvalue weighted by Crippen LogP contribution is 2.28. The molecular formula is C14H19N3S. The molecule has 0 amide bonds. The van der Waals surface area contributed by atoms with Gasteiger partial charge in [0.1, 0.15) is 0 Å². The fraction of sp³-hybridized carbons (Fsp3) is 0.500. The summed E-state index contributed by atoms with van der Waals surface area (Å²) < 4.78 is 0. The summed E-state index contributed by atoms with van der Waals surface area (Å²) >= 11 is 2.01. The standard InChI is InChI=1S/C14H19N3S/c1-18-11-8-6-10(7-9-11)15-14-16-12-4-2-3-5-13(12)17-14/h2-5,10-11H,6-9H2,1H3,(H2,15,16,17). The molecule has 18 heavy (non-hydrogen) atoms. The number of nitrogens with zero attached hydrogens (tertiary/aromatic N) is 1. The van der Waals surface area contributed by atoms with Crippen LogP contribution < -0.4 is 5.32 Å². The Kier molecular flexibility index (Phi) is 3.46. The number of aromatic nitrogens is 2. The molecule has 2 N–H and O–H groups in total. The molecule has 0 bridgehead atoms. The molecule has 3 rings (SSSR count). The largest absolute Gasteiger partial charge is 0.353 e. The Hall–Kier alpha value is -1.16. The van der Waals surface area contributed by atoms with Crippen LogP contribution in [0.4, 0.5) is 5.95 Å². The molecule has 1 aliphatic rings. The summed E-state index contributed by atoms with van der Waals surface area (Å²) in [6, 6.07) is 8.75. The van der Waals surface area contributed by atoms with Gasteiger partial charge in [-0.25, -0.2) is 4.98 Å². The first-order valence-electron chi connectivity index (χ1n) is 6.59. The van der Waals surface area contributed by atoms with E-state index in [9.17, 15) is 0 Å². The van der Waals surface area contributed by atoms with E-state index >= 15 is 0 Å². The molecule has 3 nitrogen and oxygen atoms in total. The van der Waals surface area contributed by atoms with Crippen molar-refractivity contribution in [3.05, 3.63) is 24.3 Å². The van der Waals surface area contributed by atoms with Gasteiger partial charge in [0.15, 0.2) is 0 Å². The van der Waals surface area contributed by atoms with Gasteiger partial charge in [0.2, 0.25) is 5.95 Å². The number of imidazole rings is 1. The summed E-state index contributed by atoms with van der Waals surface area (Å²) in [7, 11) is 0. The van der Waals surface area contributed by atoms with Crippen molar-refractivity contribution in [2.75, 3.05) is 11.6 Å². The SMILES string of the molecule is CSC1CCC(Nc2nc3ccccc3[nH]2)CC1. The summed E-state index contributed by atoms with van der Waals surface area (Å²) in [5.74, 6) is 0.920. The highest BCUT2D eigenvalue weighted by molar-refractivity contribution is 7.99. The third-order valence-electron chi connectivity index (χ3n) is 3.74. The van der Waals surface area contributed by atoms with Gasteiger partial charge in [-0.2, -0.15) is 11.8 Å². The predicted octanol–water partition coefficient (Wildman–Crippen LogP) is 3.65. The molecule has 96 valence electrons. The van der Waals surface area contributed by atoms with Gasteiger partial charge < -0.3 is 10.3 Å². The molecule has 2 aromatic rings. The molecular weight excluding hydrogens is 242 g/mol. The van der Waals surface area contributed by atoms with Gasteiger partial charge in [0.05, 0.1) is 11.0 Å². The first-order valence-corrected chi connectivity index (χ1v) is 7.88. The normalized spacial score (nSPS) is 24.3. The zero-order valence-corrected chi connectivity index (χ0v) is 11.5. The molecule has 0 radical (unpaired) electrons. The minimum absolute atomic E-state index is 0.578. The van der Waals surface area contributed by atoms with E-state index in [4.69, 9.17) is 0 Å². The van der Waals surface area contributed by atoms with Crippen molar-refractivity contribution >= 4 is 28.7 Å². The second-order valence-electron chi connectivity index (χ2n) is 4.96. The number of fused-ring (bicyclic) bond motifs is 1. The summed E-state index contributed by atoms with van der Waals surface area (Å²) in [4.78, 5) is 7.91. The zero-order valence-electron chi connectivity index (χ0n) is 10.6. The molecule has 0 spiro atoms. The third kappa shape index (κ3) is 2.48. The number of thioether (sulfide) groups is 1. The second-order valence-corrected chi connectivity index (χ2v) is 6.09. The van der Waals surface area contributed by atoms with E-state index in [1.165, 1.54) is 25.7 Å². The Labute approximate surface area is 112 Å². The minimum atomic E-state index is 0.578. The van der Waals surface area contributed by atoms with Crippen LogP contribution in [0.15, 0.2) is 24.3 Å². The Bertz CT molecular complexity index is 481. The van der Waals surface area contributed by atoms with E-state index in [0.29, 0.717) is 6.04 Å². The van der Waals surface area contributed by atoms with Crippen LogP contribution in [0.3, 0.4) is 0 Å². The van der Waals surface area contributed by atoms with Crippen molar-refractivity contribution in [2.24, 2.45) is 0 Å². The molecule has 0 saturated heterocycles. The van der Waals surface area contributed by atoms with E-state index < -0.39 is 0 Å². The van der Waals surface area contributed by atoms with Gasteiger partial charge in [-0.1, -0.05) is 12.1 Å². The van der Waals surface area contributed by atoms with Crippen LogP contribution >= 0.6 is 11.8 Å². The molecule has 0 aliphatic heterocycles. The summed E-state index contributed by atoms with van der Waals surface area (Å²) in [5, 5.41) is 4.40. The molecule has 1 fully saturated rings. The lowest BCUT2D eigenvalue weighted by molar-refractivity contribution is 0.471. The molecule has 0 atom stereocenters. The Balaban J connectivity index is 1.66. The molecule has 1 heterocycles. The van der Waals surface area contributed by atoms with Crippen LogP contribution in [0, 0.1) is 0 Å². The molecule has 1 saturated carbocycles. The number of aromatic amines is 1. The number of benzene rings is 1. The Morgan fingerprint density at radius 3 is 2.72 bits per heavy atom. The monoisotopic (exact) mass is 261 g/mol.